The Bertz CT molecular complexity index is 276. The lowest BCUT2D eigenvalue weighted by molar-refractivity contribution is -0.148. The molecule has 4 heteroatoms. The molecule has 0 bridgehead atoms. The highest BCUT2D eigenvalue weighted by molar-refractivity contribution is 5.83. The number of ether oxygens (including phenoxy) is 1. The van der Waals surface area contributed by atoms with Crippen molar-refractivity contribution in [3.63, 3.8) is 0 Å². The van der Waals surface area contributed by atoms with Crippen molar-refractivity contribution in [2.24, 2.45) is 11.8 Å². The van der Waals surface area contributed by atoms with E-state index in [-0.39, 0.29) is 18.4 Å². The average molecular weight is 241 g/mol. The first-order chi connectivity index (χ1) is 8.04. The number of amides is 1. The number of nitrogens with zero attached hydrogens (tertiary/aromatic N) is 1. The molecule has 0 aromatic carbocycles. The maximum atomic E-state index is 11.7. The van der Waals surface area contributed by atoms with Gasteiger partial charge >= 0.3 is 5.97 Å². The molecular formula is C13H23NO3. The lowest BCUT2D eigenvalue weighted by Crippen LogP contribution is -2.32. The third kappa shape index (κ3) is 4.36. The van der Waals surface area contributed by atoms with Crippen molar-refractivity contribution in [3.8, 4) is 0 Å². The maximum Gasteiger partial charge on any atom is 0.325 e. The highest BCUT2D eigenvalue weighted by Crippen LogP contribution is 2.24. The standard InChI is InChI=1S/C13H23NO3/c1-4-5-6-17-13(16)9-14-8-11(10(2)3)7-12(14)15/h10-11H,4-9H2,1-3H3. The number of hydrogen-bond donors (Lipinski definition) is 0. The topological polar surface area (TPSA) is 46.6 Å². The van der Waals surface area contributed by atoms with Gasteiger partial charge in [0.25, 0.3) is 0 Å². The van der Waals surface area contributed by atoms with Gasteiger partial charge in [-0.3, -0.25) is 9.59 Å². The quantitative estimate of drug-likeness (QED) is 0.526. The molecule has 17 heavy (non-hydrogen) atoms. The van der Waals surface area contributed by atoms with Crippen molar-refractivity contribution in [3.05, 3.63) is 0 Å². The summed E-state index contributed by atoms with van der Waals surface area (Å²) in [7, 11) is 0. The molecule has 1 heterocycles. The van der Waals surface area contributed by atoms with E-state index in [2.05, 4.69) is 13.8 Å². The molecule has 98 valence electrons. The van der Waals surface area contributed by atoms with Crippen LogP contribution < -0.4 is 0 Å². The van der Waals surface area contributed by atoms with E-state index in [9.17, 15) is 9.59 Å². The fourth-order valence-corrected chi connectivity index (χ4v) is 1.93. The van der Waals surface area contributed by atoms with Crippen molar-refractivity contribution in [1.29, 1.82) is 0 Å². The lowest BCUT2D eigenvalue weighted by atomic mass is 9.95. The van der Waals surface area contributed by atoms with E-state index in [1.54, 1.807) is 4.90 Å². The summed E-state index contributed by atoms with van der Waals surface area (Å²) in [4.78, 5) is 24.8. The van der Waals surface area contributed by atoms with Gasteiger partial charge in [0.1, 0.15) is 6.54 Å². The second-order valence-electron chi connectivity index (χ2n) is 5.06. The molecule has 4 nitrogen and oxygen atoms in total. The number of rotatable bonds is 6. The molecule has 1 aliphatic rings. The van der Waals surface area contributed by atoms with Crippen LogP contribution in [0.5, 0.6) is 0 Å². The molecule has 0 aromatic rings. The minimum absolute atomic E-state index is 0.0798. The highest BCUT2D eigenvalue weighted by atomic mass is 16.5. The molecule has 1 atom stereocenters. The van der Waals surface area contributed by atoms with Gasteiger partial charge < -0.3 is 9.64 Å². The Hall–Kier alpha value is -1.06. The molecule has 1 aliphatic heterocycles. The minimum atomic E-state index is -0.281. The second-order valence-corrected chi connectivity index (χ2v) is 5.06. The van der Waals surface area contributed by atoms with Gasteiger partial charge in [-0.2, -0.15) is 0 Å². The summed E-state index contributed by atoms with van der Waals surface area (Å²) in [5.41, 5.74) is 0. The van der Waals surface area contributed by atoms with Crippen molar-refractivity contribution < 1.29 is 14.3 Å². The van der Waals surface area contributed by atoms with Crippen LogP contribution in [-0.2, 0) is 14.3 Å². The molecule has 1 saturated heterocycles. The molecule has 0 aliphatic carbocycles. The van der Waals surface area contributed by atoms with E-state index in [4.69, 9.17) is 4.74 Å². The van der Waals surface area contributed by atoms with Gasteiger partial charge in [0.2, 0.25) is 5.91 Å². The number of unbranched alkanes of at least 4 members (excludes halogenated alkanes) is 1. The molecular weight excluding hydrogens is 218 g/mol. The Labute approximate surface area is 103 Å². The fourth-order valence-electron chi connectivity index (χ4n) is 1.93. The van der Waals surface area contributed by atoms with Crippen LogP contribution in [-0.4, -0.2) is 36.5 Å². The first-order valence-corrected chi connectivity index (χ1v) is 6.48. The fraction of sp³-hybridized carbons (Fsp3) is 0.846. The third-order valence-corrected chi connectivity index (χ3v) is 3.27. The van der Waals surface area contributed by atoms with E-state index in [1.165, 1.54) is 0 Å². The molecule has 1 fully saturated rings. The van der Waals surface area contributed by atoms with Gasteiger partial charge in [-0.1, -0.05) is 27.2 Å². The number of likely N-dealkylation sites (tertiary alicyclic amines) is 1. The van der Waals surface area contributed by atoms with Crippen LogP contribution >= 0.6 is 0 Å². The molecule has 1 unspecified atom stereocenters. The predicted octanol–water partition coefficient (Wildman–Crippen LogP) is 1.83. The molecule has 0 spiro atoms. The zero-order valence-corrected chi connectivity index (χ0v) is 11.1. The lowest BCUT2D eigenvalue weighted by Gasteiger charge is -2.17. The van der Waals surface area contributed by atoms with E-state index in [0.717, 1.165) is 12.8 Å². The summed E-state index contributed by atoms with van der Waals surface area (Å²) in [5.74, 6) is 0.665. The SMILES string of the molecule is CCCCOC(=O)CN1CC(C(C)C)CC1=O. The summed E-state index contributed by atoms with van der Waals surface area (Å²) in [6, 6.07) is 0. The summed E-state index contributed by atoms with van der Waals surface area (Å²) < 4.78 is 5.06. The van der Waals surface area contributed by atoms with Gasteiger partial charge in [-0.05, 0) is 18.3 Å². The zero-order valence-electron chi connectivity index (χ0n) is 11.1. The number of carbonyl (C=O) groups excluding carboxylic acids is 2. The van der Waals surface area contributed by atoms with Crippen molar-refractivity contribution in [2.75, 3.05) is 19.7 Å². The highest BCUT2D eigenvalue weighted by Gasteiger charge is 2.32. The first-order valence-electron chi connectivity index (χ1n) is 6.48. The monoisotopic (exact) mass is 241 g/mol. The van der Waals surface area contributed by atoms with Crippen LogP contribution in [0.1, 0.15) is 40.0 Å². The summed E-state index contributed by atoms with van der Waals surface area (Å²) in [5, 5.41) is 0. The Morgan fingerprint density at radius 1 is 1.53 bits per heavy atom. The molecule has 0 radical (unpaired) electrons. The third-order valence-electron chi connectivity index (χ3n) is 3.27. The van der Waals surface area contributed by atoms with Gasteiger partial charge in [0.05, 0.1) is 6.61 Å². The van der Waals surface area contributed by atoms with Crippen molar-refractivity contribution in [2.45, 2.75) is 40.0 Å². The number of carbonyl (C=O) groups is 2. The molecule has 1 amide bonds. The normalized spacial score (nSPS) is 20.1. The zero-order chi connectivity index (χ0) is 12.8. The van der Waals surface area contributed by atoms with E-state index >= 15 is 0 Å². The largest absolute Gasteiger partial charge is 0.464 e. The number of esters is 1. The second kappa shape index (κ2) is 6.62. The van der Waals surface area contributed by atoms with Crippen LogP contribution in [0.4, 0.5) is 0 Å². The molecule has 0 aromatic heterocycles. The number of hydrogen-bond acceptors (Lipinski definition) is 3. The van der Waals surface area contributed by atoms with Crippen LogP contribution in [0.15, 0.2) is 0 Å². The van der Waals surface area contributed by atoms with Crippen LogP contribution in [0.3, 0.4) is 0 Å². The van der Waals surface area contributed by atoms with Crippen LogP contribution in [0.25, 0.3) is 0 Å². The van der Waals surface area contributed by atoms with Crippen LogP contribution in [0, 0.1) is 11.8 Å². The van der Waals surface area contributed by atoms with Gasteiger partial charge in [0, 0.05) is 13.0 Å². The molecule has 0 N–H and O–H groups in total. The average Bonchev–Trinajstić information content (AvgIpc) is 2.61. The minimum Gasteiger partial charge on any atom is -0.464 e. The first kappa shape index (κ1) is 14.0. The summed E-state index contributed by atoms with van der Waals surface area (Å²) in [6.07, 6.45) is 2.46. The maximum absolute atomic E-state index is 11.7. The predicted molar refractivity (Wildman–Crippen MR) is 65.4 cm³/mol. The van der Waals surface area contributed by atoms with Crippen molar-refractivity contribution >= 4 is 11.9 Å². The molecule has 1 rings (SSSR count). The van der Waals surface area contributed by atoms with E-state index in [0.29, 0.717) is 31.4 Å². The molecule has 0 saturated carbocycles. The van der Waals surface area contributed by atoms with Gasteiger partial charge in [-0.15, -0.1) is 0 Å². The summed E-state index contributed by atoms with van der Waals surface area (Å²) in [6.45, 7) is 7.54. The van der Waals surface area contributed by atoms with Crippen LogP contribution in [0.2, 0.25) is 0 Å². The van der Waals surface area contributed by atoms with E-state index in [1.807, 2.05) is 6.92 Å². The van der Waals surface area contributed by atoms with Gasteiger partial charge in [0.15, 0.2) is 0 Å². The van der Waals surface area contributed by atoms with E-state index < -0.39 is 0 Å². The Balaban J connectivity index is 2.32. The smallest absolute Gasteiger partial charge is 0.325 e. The summed E-state index contributed by atoms with van der Waals surface area (Å²) >= 11 is 0. The Morgan fingerprint density at radius 3 is 2.76 bits per heavy atom. The Kier molecular flexibility index (Phi) is 5.45. The van der Waals surface area contributed by atoms with Gasteiger partial charge in [-0.25, -0.2) is 0 Å². The Morgan fingerprint density at radius 2 is 2.24 bits per heavy atom. The van der Waals surface area contributed by atoms with Crippen molar-refractivity contribution in [1.82, 2.24) is 4.90 Å².